The zero-order chi connectivity index (χ0) is 25.9. The molecule has 4 rings (SSSR count). The van der Waals surface area contributed by atoms with Gasteiger partial charge >= 0.3 is 0 Å². The topological polar surface area (TPSA) is 87.8 Å². The molecule has 1 aliphatic rings. The van der Waals surface area contributed by atoms with Gasteiger partial charge in [-0.05, 0) is 53.3 Å². The molecule has 0 saturated carbocycles. The summed E-state index contributed by atoms with van der Waals surface area (Å²) in [6.45, 7) is 4.46. The minimum atomic E-state index is -1.08. The Kier molecular flexibility index (Phi) is 7.40. The van der Waals surface area contributed by atoms with Crippen LogP contribution >= 0.6 is 11.6 Å². The highest BCUT2D eigenvalue weighted by Gasteiger charge is 2.49. The summed E-state index contributed by atoms with van der Waals surface area (Å²) < 4.78 is 13.1. The van der Waals surface area contributed by atoms with Crippen LogP contribution in [0.3, 0.4) is 0 Å². The summed E-state index contributed by atoms with van der Waals surface area (Å²) in [6.07, 6.45) is 0.519. The SMILES string of the molecule is CC(C)CC1(c2ccccc2)N=C(N)N(Cc2ccc(Cl)c(C(=O)NCc3ccc(F)cc3)c2)C1=O. The van der Waals surface area contributed by atoms with E-state index in [0.717, 1.165) is 11.1 Å². The van der Waals surface area contributed by atoms with E-state index >= 15 is 0 Å². The highest BCUT2D eigenvalue weighted by Crippen LogP contribution is 2.39. The molecule has 186 valence electrons. The van der Waals surface area contributed by atoms with Gasteiger partial charge in [-0.15, -0.1) is 0 Å². The van der Waals surface area contributed by atoms with Crippen molar-refractivity contribution >= 4 is 29.4 Å². The Morgan fingerprint density at radius 2 is 1.75 bits per heavy atom. The van der Waals surface area contributed by atoms with Gasteiger partial charge in [-0.25, -0.2) is 9.38 Å². The maximum Gasteiger partial charge on any atom is 0.262 e. The molecular weight excluding hydrogens is 479 g/mol. The molecule has 6 nitrogen and oxygen atoms in total. The van der Waals surface area contributed by atoms with E-state index in [0.29, 0.717) is 12.0 Å². The van der Waals surface area contributed by atoms with E-state index < -0.39 is 5.54 Å². The first kappa shape index (κ1) is 25.4. The number of hydrogen-bond donors (Lipinski definition) is 2. The first-order valence-electron chi connectivity index (χ1n) is 11.7. The normalized spacial score (nSPS) is 17.4. The molecule has 3 aromatic carbocycles. The van der Waals surface area contributed by atoms with Crippen molar-refractivity contribution in [2.45, 2.75) is 38.9 Å². The van der Waals surface area contributed by atoms with Crippen molar-refractivity contribution in [1.82, 2.24) is 10.2 Å². The molecule has 1 unspecified atom stereocenters. The van der Waals surface area contributed by atoms with Gasteiger partial charge in [0.05, 0.1) is 17.1 Å². The summed E-state index contributed by atoms with van der Waals surface area (Å²) in [6, 6.07) is 20.4. The predicted molar refractivity (Wildman–Crippen MR) is 139 cm³/mol. The molecule has 8 heteroatoms. The molecule has 0 saturated heterocycles. The zero-order valence-electron chi connectivity index (χ0n) is 20.2. The number of rotatable bonds is 8. The zero-order valence-corrected chi connectivity index (χ0v) is 20.9. The lowest BCUT2D eigenvalue weighted by atomic mass is 9.82. The molecule has 0 spiro atoms. The van der Waals surface area contributed by atoms with E-state index in [2.05, 4.69) is 10.3 Å². The number of nitrogens with two attached hydrogens (primary N) is 1. The number of hydrogen-bond acceptors (Lipinski definition) is 4. The van der Waals surface area contributed by atoms with E-state index in [-0.39, 0.29) is 53.2 Å². The molecule has 36 heavy (non-hydrogen) atoms. The van der Waals surface area contributed by atoms with Gasteiger partial charge in [0.25, 0.3) is 11.8 Å². The Morgan fingerprint density at radius 1 is 1.08 bits per heavy atom. The summed E-state index contributed by atoms with van der Waals surface area (Å²) in [5, 5.41) is 3.08. The predicted octanol–water partition coefficient (Wildman–Crippen LogP) is 5.01. The van der Waals surface area contributed by atoms with Crippen LogP contribution in [-0.2, 0) is 23.4 Å². The largest absolute Gasteiger partial charge is 0.369 e. The number of carbonyl (C=O) groups is 2. The van der Waals surface area contributed by atoms with Gasteiger partial charge in [0.1, 0.15) is 5.82 Å². The Morgan fingerprint density at radius 3 is 2.42 bits per heavy atom. The molecule has 1 aliphatic heterocycles. The van der Waals surface area contributed by atoms with Gasteiger partial charge < -0.3 is 11.1 Å². The molecule has 0 aliphatic carbocycles. The highest BCUT2D eigenvalue weighted by molar-refractivity contribution is 6.33. The number of nitrogens with one attached hydrogen (secondary N) is 1. The molecule has 0 bridgehead atoms. The lowest BCUT2D eigenvalue weighted by molar-refractivity contribution is -0.132. The summed E-state index contributed by atoms with van der Waals surface area (Å²) in [5.41, 5.74) is 7.71. The second kappa shape index (κ2) is 10.5. The fraction of sp³-hybridized carbons (Fsp3) is 0.250. The van der Waals surface area contributed by atoms with Crippen LogP contribution in [0.5, 0.6) is 0 Å². The summed E-state index contributed by atoms with van der Waals surface area (Å²) in [5.74, 6) is -0.569. The van der Waals surface area contributed by atoms with Crippen LogP contribution in [-0.4, -0.2) is 22.7 Å². The van der Waals surface area contributed by atoms with Crippen molar-refractivity contribution < 1.29 is 14.0 Å². The second-order valence-electron chi connectivity index (χ2n) is 9.31. The quantitative estimate of drug-likeness (QED) is 0.450. The Labute approximate surface area is 215 Å². The third-order valence-electron chi connectivity index (χ3n) is 6.12. The molecule has 1 atom stereocenters. The molecule has 3 N–H and O–H groups in total. The first-order chi connectivity index (χ1) is 17.2. The fourth-order valence-electron chi connectivity index (χ4n) is 4.43. The Hall–Kier alpha value is -3.71. The number of benzene rings is 3. The van der Waals surface area contributed by atoms with Crippen LogP contribution < -0.4 is 11.1 Å². The van der Waals surface area contributed by atoms with E-state index in [1.165, 1.54) is 17.0 Å². The number of guanidine groups is 1. The van der Waals surface area contributed by atoms with Crippen molar-refractivity contribution in [1.29, 1.82) is 0 Å². The fourth-order valence-corrected chi connectivity index (χ4v) is 4.64. The molecule has 1 heterocycles. The molecule has 3 aromatic rings. The van der Waals surface area contributed by atoms with Crippen LogP contribution in [0.25, 0.3) is 0 Å². The van der Waals surface area contributed by atoms with Crippen molar-refractivity contribution in [3.05, 3.63) is 106 Å². The third kappa shape index (κ3) is 5.26. The van der Waals surface area contributed by atoms with Crippen molar-refractivity contribution in [2.75, 3.05) is 0 Å². The lowest BCUT2D eigenvalue weighted by Gasteiger charge is -2.28. The van der Waals surface area contributed by atoms with Crippen LogP contribution in [0.15, 0.2) is 77.8 Å². The second-order valence-corrected chi connectivity index (χ2v) is 9.72. The van der Waals surface area contributed by atoms with Gasteiger partial charge in [0, 0.05) is 6.54 Å². The van der Waals surface area contributed by atoms with Crippen LogP contribution in [0, 0.1) is 11.7 Å². The maximum absolute atomic E-state index is 13.7. The Balaban J connectivity index is 1.54. The average Bonchev–Trinajstić information content (AvgIpc) is 3.09. The van der Waals surface area contributed by atoms with E-state index in [9.17, 15) is 14.0 Å². The molecule has 0 fully saturated rings. The van der Waals surface area contributed by atoms with Gasteiger partial charge in [-0.3, -0.25) is 14.5 Å². The van der Waals surface area contributed by atoms with Gasteiger partial charge in [0.2, 0.25) is 0 Å². The van der Waals surface area contributed by atoms with Crippen LogP contribution in [0.2, 0.25) is 5.02 Å². The molecular formula is C28H28ClFN4O2. The number of amides is 2. The van der Waals surface area contributed by atoms with Crippen molar-refractivity contribution in [3.63, 3.8) is 0 Å². The van der Waals surface area contributed by atoms with Gasteiger partial charge in [-0.2, -0.15) is 0 Å². The third-order valence-corrected chi connectivity index (χ3v) is 6.45. The van der Waals surface area contributed by atoms with Crippen molar-refractivity contribution in [2.24, 2.45) is 16.6 Å². The summed E-state index contributed by atoms with van der Waals surface area (Å²) >= 11 is 6.31. The smallest absolute Gasteiger partial charge is 0.262 e. The van der Waals surface area contributed by atoms with E-state index in [4.69, 9.17) is 17.3 Å². The average molecular weight is 507 g/mol. The first-order valence-corrected chi connectivity index (χ1v) is 12.1. The molecule has 0 radical (unpaired) electrons. The van der Waals surface area contributed by atoms with Crippen LogP contribution in [0.1, 0.15) is 47.3 Å². The van der Waals surface area contributed by atoms with Crippen LogP contribution in [0.4, 0.5) is 4.39 Å². The van der Waals surface area contributed by atoms with Gasteiger partial charge in [0.15, 0.2) is 11.5 Å². The molecule has 0 aromatic heterocycles. The number of nitrogens with zero attached hydrogens (tertiary/aromatic N) is 2. The summed E-state index contributed by atoms with van der Waals surface area (Å²) in [7, 11) is 0. The lowest BCUT2D eigenvalue weighted by Crippen LogP contribution is -2.43. The monoisotopic (exact) mass is 506 g/mol. The molecule has 2 amide bonds. The van der Waals surface area contributed by atoms with Crippen molar-refractivity contribution in [3.8, 4) is 0 Å². The maximum atomic E-state index is 13.7. The minimum Gasteiger partial charge on any atom is -0.369 e. The highest BCUT2D eigenvalue weighted by atomic mass is 35.5. The summed E-state index contributed by atoms with van der Waals surface area (Å²) in [4.78, 5) is 32.7. The number of aliphatic imine (C=N–C) groups is 1. The van der Waals surface area contributed by atoms with E-state index in [1.807, 2.05) is 44.2 Å². The minimum absolute atomic E-state index is 0.141. The number of carbonyl (C=O) groups excluding carboxylic acids is 2. The number of halogens is 2. The van der Waals surface area contributed by atoms with E-state index in [1.54, 1.807) is 30.3 Å². The standard InChI is InChI=1S/C28H28ClFN4O2/c1-18(2)15-28(21-6-4-3-5-7-21)26(36)34(27(31)33-28)17-20-10-13-24(29)23(14-20)25(35)32-16-19-8-11-22(30)12-9-19/h3-14,18H,15-17H2,1-2H3,(H2,31,33)(H,32,35). The Bertz CT molecular complexity index is 1290. The van der Waals surface area contributed by atoms with Gasteiger partial charge in [-0.1, -0.05) is 74.0 Å².